The number of nitrogens with one attached hydrogen (secondary N) is 1. The molecule has 3 aromatic rings. The molecule has 31 heavy (non-hydrogen) atoms. The van der Waals surface area contributed by atoms with Crippen LogP contribution in [0.3, 0.4) is 0 Å². The van der Waals surface area contributed by atoms with Crippen LogP contribution in [0.25, 0.3) is 5.69 Å². The number of fused-ring (bicyclic) bond motifs is 1. The molecule has 1 heterocycles. The third-order valence-electron chi connectivity index (χ3n) is 6.20. The second-order valence-corrected chi connectivity index (χ2v) is 9.54. The number of thioether (sulfide) groups is 1. The predicted octanol–water partition coefficient (Wildman–Crippen LogP) is 4.99. The lowest BCUT2D eigenvalue weighted by atomic mass is 9.89. The van der Waals surface area contributed by atoms with Crippen LogP contribution < -0.4 is 5.32 Å². The standard InChI is InChI=1S/C25H28N4OS/c1-17(20-14-11-18-7-5-6-8-21(18)15-20)26-23(30)16-31-25-28-27-24(19-12-13-19)29(25)22-9-3-2-4-10-22/h2-4,9-11,14-15,17,19H,5-8,12-13,16H2,1H3,(H,26,30)/t17-/m0/s1. The summed E-state index contributed by atoms with van der Waals surface area (Å²) in [4.78, 5) is 12.7. The van der Waals surface area contributed by atoms with Crippen molar-refractivity contribution in [2.45, 2.75) is 62.6 Å². The van der Waals surface area contributed by atoms with Crippen LogP contribution in [0.5, 0.6) is 0 Å². The van der Waals surface area contributed by atoms with E-state index in [1.165, 1.54) is 47.7 Å². The van der Waals surface area contributed by atoms with Crippen molar-refractivity contribution in [2.75, 3.05) is 5.75 Å². The highest BCUT2D eigenvalue weighted by Gasteiger charge is 2.31. The number of carbonyl (C=O) groups is 1. The molecule has 0 aliphatic heterocycles. The Morgan fingerprint density at radius 2 is 1.87 bits per heavy atom. The van der Waals surface area contributed by atoms with Crippen molar-refractivity contribution < 1.29 is 4.79 Å². The largest absolute Gasteiger partial charge is 0.349 e. The molecule has 1 N–H and O–H groups in total. The number of nitrogens with zero attached hydrogens (tertiary/aromatic N) is 3. The first-order valence-corrected chi connectivity index (χ1v) is 12.2. The van der Waals surface area contributed by atoms with E-state index in [9.17, 15) is 4.79 Å². The van der Waals surface area contributed by atoms with Gasteiger partial charge in [-0.25, -0.2) is 0 Å². The highest BCUT2D eigenvalue weighted by atomic mass is 32.2. The summed E-state index contributed by atoms with van der Waals surface area (Å²) in [7, 11) is 0. The summed E-state index contributed by atoms with van der Waals surface area (Å²) in [5.74, 6) is 1.84. The number of carbonyl (C=O) groups excluding carboxylic acids is 1. The number of rotatable bonds is 7. The molecule has 5 rings (SSSR count). The van der Waals surface area contributed by atoms with Crippen LogP contribution in [-0.2, 0) is 17.6 Å². The first kappa shape index (κ1) is 20.3. The van der Waals surface area contributed by atoms with Crippen molar-refractivity contribution in [3.05, 3.63) is 71.0 Å². The number of aromatic nitrogens is 3. The molecule has 1 atom stereocenters. The zero-order valence-corrected chi connectivity index (χ0v) is 18.7. The molecule has 5 nitrogen and oxygen atoms in total. The van der Waals surface area contributed by atoms with Gasteiger partial charge in [0.05, 0.1) is 11.8 Å². The highest BCUT2D eigenvalue weighted by molar-refractivity contribution is 7.99. The smallest absolute Gasteiger partial charge is 0.230 e. The Kier molecular flexibility index (Phi) is 5.81. The number of para-hydroxylation sites is 1. The number of hydrogen-bond donors (Lipinski definition) is 1. The number of benzene rings is 2. The van der Waals surface area contributed by atoms with Crippen LogP contribution in [0.2, 0.25) is 0 Å². The van der Waals surface area contributed by atoms with Gasteiger partial charge in [0.15, 0.2) is 5.16 Å². The Labute approximate surface area is 187 Å². The van der Waals surface area contributed by atoms with Gasteiger partial charge in [-0.15, -0.1) is 10.2 Å². The van der Waals surface area contributed by atoms with Gasteiger partial charge in [-0.1, -0.05) is 48.2 Å². The minimum atomic E-state index is -0.00524. The third-order valence-corrected chi connectivity index (χ3v) is 7.13. The summed E-state index contributed by atoms with van der Waals surface area (Å²) >= 11 is 1.45. The summed E-state index contributed by atoms with van der Waals surface area (Å²) < 4.78 is 2.11. The molecule has 2 aromatic carbocycles. The van der Waals surface area contributed by atoms with E-state index in [0.717, 1.165) is 35.9 Å². The molecule has 2 aliphatic rings. The molecule has 0 bridgehead atoms. The fourth-order valence-corrected chi connectivity index (χ4v) is 5.09. The Hall–Kier alpha value is -2.60. The maximum atomic E-state index is 12.7. The van der Waals surface area contributed by atoms with Crippen molar-refractivity contribution >= 4 is 17.7 Å². The minimum Gasteiger partial charge on any atom is -0.349 e. The van der Waals surface area contributed by atoms with Gasteiger partial charge in [0, 0.05) is 11.6 Å². The normalized spacial score (nSPS) is 16.5. The summed E-state index contributed by atoms with van der Waals surface area (Å²) in [6, 6.07) is 16.9. The van der Waals surface area contributed by atoms with E-state index < -0.39 is 0 Å². The first-order valence-electron chi connectivity index (χ1n) is 11.2. The van der Waals surface area contributed by atoms with Crippen molar-refractivity contribution in [3.63, 3.8) is 0 Å². The molecule has 0 unspecified atom stereocenters. The van der Waals surface area contributed by atoms with Crippen molar-refractivity contribution in [1.29, 1.82) is 0 Å². The van der Waals surface area contributed by atoms with E-state index >= 15 is 0 Å². The highest BCUT2D eigenvalue weighted by Crippen LogP contribution is 2.41. The Balaban J connectivity index is 1.25. The topological polar surface area (TPSA) is 59.8 Å². The maximum absolute atomic E-state index is 12.7. The molecule has 1 amide bonds. The van der Waals surface area contributed by atoms with E-state index in [2.05, 4.69) is 57.3 Å². The Morgan fingerprint density at radius 1 is 1.10 bits per heavy atom. The van der Waals surface area contributed by atoms with E-state index in [4.69, 9.17) is 0 Å². The van der Waals surface area contributed by atoms with Gasteiger partial charge in [-0.2, -0.15) is 0 Å². The van der Waals surface area contributed by atoms with Gasteiger partial charge in [0.2, 0.25) is 5.91 Å². The molecule has 0 spiro atoms. The number of hydrogen-bond acceptors (Lipinski definition) is 4. The average Bonchev–Trinajstić information content (AvgIpc) is 3.57. The van der Waals surface area contributed by atoms with Gasteiger partial charge in [-0.05, 0) is 74.3 Å². The van der Waals surface area contributed by atoms with Crippen LogP contribution in [0.1, 0.15) is 67.1 Å². The molecular weight excluding hydrogens is 404 g/mol. The zero-order chi connectivity index (χ0) is 21.2. The monoisotopic (exact) mass is 432 g/mol. The Morgan fingerprint density at radius 3 is 2.65 bits per heavy atom. The number of aryl methyl sites for hydroxylation is 2. The minimum absolute atomic E-state index is 0.00524. The van der Waals surface area contributed by atoms with Crippen LogP contribution in [-0.4, -0.2) is 26.4 Å². The van der Waals surface area contributed by atoms with E-state index in [-0.39, 0.29) is 11.9 Å². The SMILES string of the molecule is C[C@H](NC(=O)CSc1nnc(C2CC2)n1-c1ccccc1)c1ccc2c(c1)CCCC2. The van der Waals surface area contributed by atoms with E-state index in [1.807, 2.05) is 18.2 Å². The molecule has 1 fully saturated rings. The first-order chi connectivity index (χ1) is 15.2. The second-order valence-electron chi connectivity index (χ2n) is 8.60. The summed E-state index contributed by atoms with van der Waals surface area (Å²) in [6.45, 7) is 2.06. The third kappa shape index (κ3) is 4.54. The molecule has 160 valence electrons. The lowest BCUT2D eigenvalue weighted by molar-refractivity contribution is -0.119. The molecule has 0 saturated heterocycles. The van der Waals surface area contributed by atoms with Crippen molar-refractivity contribution in [2.24, 2.45) is 0 Å². The van der Waals surface area contributed by atoms with Crippen molar-refractivity contribution in [1.82, 2.24) is 20.1 Å². The summed E-state index contributed by atoms with van der Waals surface area (Å²) in [5.41, 5.74) is 5.15. The van der Waals surface area contributed by atoms with Gasteiger partial charge in [0.1, 0.15) is 5.82 Å². The van der Waals surface area contributed by atoms with E-state index in [0.29, 0.717) is 11.7 Å². The average molecular weight is 433 g/mol. The molecule has 1 saturated carbocycles. The van der Waals surface area contributed by atoms with Gasteiger partial charge < -0.3 is 5.32 Å². The summed E-state index contributed by atoms with van der Waals surface area (Å²) in [5, 5.41) is 12.8. The van der Waals surface area contributed by atoms with Crippen LogP contribution >= 0.6 is 11.8 Å². The second kappa shape index (κ2) is 8.87. The number of amides is 1. The van der Waals surface area contributed by atoms with Crippen LogP contribution in [0.15, 0.2) is 53.7 Å². The quantitative estimate of drug-likeness (QED) is 0.534. The van der Waals surface area contributed by atoms with Gasteiger partial charge in [0.25, 0.3) is 0 Å². The van der Waals surface area contributed by atoms with Crippen LogP contribution in [0.4, 0.5) is 0 Å². The fourth-order valence-electron chi connectivity index (χ4n) is 4.32. The molecular formula is C25H28N4OS. The fraction of sp³-hybridized carbons (Fsp3) is 0.400. The summed E-state index contributed by atoms with van der Waals surface area (Å²) in [6.07, 6.45) is 7.20. The van der Waals surface area contributed by atoms with Crippen molar-refractivity contribution in [3.8, 4) is 5.69 Å². The lowest BCUT2D eigenvalue weighted by Gasteiger charge is -2.20. The lowest BCUT2D eigenvalue weighted by Crippen LogP contribution is -2.28. The van der Waals surface area contributed by atoms with Gasteiger partial charge in [-0.3, -0.25) is 9.36 Å². The molecule has 6 heteroatoms. The molecule has 2 aliphatic carbocycles. The zero-order valence-electron chi connectivity index (χ0n) is 17.9. The maximum Gasteiger partial charge on any atom is 0.230 e. The van der Waals surface area contributed by atoms with Gasteiger partial charge >= 0.3 is 0 Å². The Bertz CT molecular complexity index is 1070. The molecule has 1 aromatic heterocycles. The predicted molar refractivity (Wildman–Crippen MR) is 124 cm³/mol. The molecule has 0 radical (unpaired) electrons. The van der Waals surface area contributed by atoms with Crippen LogP contribution in [0, 0.1) is 0 Å². The van der Waals surface area contributed by atoms with E-state index in [1.54, 1.807) is 0 Å².